The van der Waals surface area contributed by atoms with E-state index in [1.165, 1.54) is 0 Å². The SMILES string of the molecule is CCN.O=C(O)c1ncc(Cl)c(Cl)c1C(=O)O. The van der Waals surface area contributed by atoms with Crippen molar-refractivity contribution < 1.29 is 19.8 Å². The molecule has 1 rings (SSSR count). The number of pyridine rings is 1. The molecule has 0 radical (unpaired) electrons. The first-order chi connectivity index (χ1) is 7.86. The lowest BCUT2D eigenvalue weighted by Crippen LogP contribution is -2.11. The van der Waals surface area contributed by atoms with E-state index in [-0.39, 0.29) is 10.0 Å². The van der Waals surface area contributed by atoms with Gasteiger partial charge in [-0.05, 0) is 6.54 Å². The summed E-state index contributed by atoms with van der Waals surface area (Å²) in [6.45, 7) is 2.65. The Morgan fingerprint density at radius 2 is 1.82 bits per heavy atom. The number of hydrogen-bond acceptors (Lipinski definition) is 4. The third-order valence-corrected chi connectivity index (χ3v) is 2.17. The summed E-state index contributed by atoms with van der Waals surface area (Å²) >= 11 is 11.0. The Morgan fingerprint density at radius 1 is 1.35 bits per heavy atom. The number of nitrogens with two attached hydrogens (primary N) is 1. The number of carbonyl (C=O) groups is 2. The number of hydrogen-bond donors (Lipinski definition) is 3. The maximum absolute atomic E-state index is 10.7. The van der Waals surface area contributed by atoms with Crippen molar-refractivity contribution in [1.82, 2.24) is 4.98 Å². The molecule has 0 saturated heterocycles. The van der Waals surface area contributed by atoms with Crippen LogP contribution in [0, 0.1) is 0 Å². The van der Waals surface area contributed by atoms with Crippen LogP contribution in [0.15, 0.2) is 6.20 Å². The van der Waals surface area contributed by atoms with Gasteiger partial charge in [0.25, 0.3) is 0 Å². The van der Waals surface area contributed by atoms with Gasteiger partial charge in [-0.2, -0.15) is 0 Å². The van der Waals surface area contributed by atoms with Crippen molar-refractivity contribution >= 4 is 35.1 Å². The van der Waals surface area contributed by atoms with Crippen LogP contribution >= 0.6 is 23.2 Å². The molecule has 94 valence electrons. The van der Waals surface area contributed by atoms with Crippen LogP contribution in [-0.2, 0) is 0 Å². The third kappa shape index (κ3) is 4.18. The molecule has 0 aliphatic carbocycles. The van der Waals surface area contributed by atoms with E-state index in [2.05, 4.69) is 4.98 Å². The normalized spacial score (nSPS) is 9.18. The van der Waals surface area contributed by atoms with Crippen LogP contribution in [0.3, 0.4) is 0 Å². The van der Waals surface area contributed by atoms with Gasteiger partial charge in [-0.25, -0.2) is 14.6 Å². The Morgan fingerprint density at radius 3 is 2.18 bits per heavy atom. The molecular weight excluding hydrogens is 271 g/mol. The van der Waals surface area contributed by atoms with Gasteiger partial charge in [-0.1, -0.05) is 30.1 Å². The lowest BCUT2D eigenvalue weighted by atomic mass is 10.2. The second-order valence-corrected chi connectivity index (χ2v) is 3.45. The standard InChI is InChI=1S/C7H3Cl2NO4.C2H7N/c8-2-1-10-5(7(13)14)3(4(2)9)6(11)12;1-2-3/h1H,(H,11,12)(H,13,14);2-3H2,1H3. The Labute approximate surface area is 107 Å². The smallest absolute Gasteiger partial charge is 0.355 e. The first-order valence-corrected chi connectivity index (χ1v) is 5.13. The fraction of sp³-hybridized carbons (Fsp3) is 0.222. The Balaban J connectivity index is 0.000000770. The third-order valence-electron chi connectivity index (χ3n) is 1.39. The summed E-state index contributed by atoms with van der Waals surface area (Å²) in [4.78, 5) is 24.6. The predicted molar refractivity (Wildman–Crippen MR) is 62.9 cm³/mol. The van der Waals surface area contributed by atoms with Crippen LogP contribution in [0.4, 0.5) is 0 Å². The molecule has 0 atom stereocenters. The van der Waals surface area contributed by atoms with Crippen molar-refractivity contribution in [3.8, 4) is 0 Å². The number of aromatic carboxylic acids is 2. The molecule has 0 aromatic carbocycles. The van der Waals surface area contributed by atoms with Gasteiger partial charge in [0.2, 0.25) is 0 Å². The van der Waals surface area contributed by atoms with Gasteiger partial charge in [0.1, 0.15) is 5.56 Å². The van der Waals surface area contributed by atoms with Crippen LogP contribution in [0.2, 0.25) is 10.0 Å². The van der Waals surface area contributed by atoms with Gasteiger partial charge in [-0.15, -0.1) is 0 Å². The first-order valence-electron chi connectivity index (χ1n) is 4.37. The molecule has 0 aliphatic rings. The molecule has 0 fully saturated rings. The predicted octanol–water partition coefficient (Wildman–Crippen LogP) is 1.75. The van der Waals surface area contributed by atoms with E-state index >= 15 is 0 Å². The summed E-state index contributed by atoms with van der Waals surface area (Å²) < 4.78 is 0. The topological polar surface area (TPSA) is 114 Å². The molecule has 4 N–H and O–H groups in total. The maximum Gasteiger partial charge on any atom is 0.355 e. The molecule has 0 amide bonds. The van der Waals surface area contributed by atoms with E-state index in [9.17, 15) is 9.59 Å². The van der Waals surface area contributed by atoms with Crippen molar-refractivity contribution in [3.63, 3.8) is 0 Å². The molecule has 8 heteroatoms. The zero-order valence-corrected chi connectivity index (χ0v) is 10.3. The molecule has 0 aliphatic heterocycles. The first kappa shape index (κ1) is 15.6. The van der Waals surface area contributed by atoms with Gasteiger partial charge in [-0.3, -0.25) is 0 Å². The molecule has 0 bridgehead atoms. The lowest BCUT2D eigenvalue weighted by molar-refractivity contribution is 0.0646. The highest BCUT2D eigenvalue weighted by Gasteiger charge is 2.22. The summed E-state index contributed by atoms with van der Waals surface area (Å²) in [6.07, 6.45) is 0.986. The molecule has 1 heterocycles. The number of carboxylic acids is 2. The number of halogens is 2. The van der Waals surface area contributed by atoms with Gasteiger partial charge in [0.15, 0.2) is 5.69 Å². The zero-order chi connectivity index (χ0) is 13.6. The molecule has 1 aromatic rings. The summed E-state index contributed by atoms with van der Waals surface area (Å²) in [5.41, 5.74) is 3.61. The van der Waals surface area contributed by atoms with E-state index in [0.29, 0.717) is 0 Å². The van der Waals surface area contributed by atoms with Gasteiger partial charge >= 0.3 is 11.9 Å². The van der Waals surface area contributed by atoms with E-state index < -0.39 is 23.2 Å². The van der Waals surface area contributed by atoms with E-state index in [4.69, 9.17) is 39.1 Å². The molecule has 0 unspecified atom stereocenters. The van der Waals surface area contributed by atoms with Crippen molar-refractivity contribution in [2.75, 3.05) is 6.54 Å². The average Bonchev–Trinajstić information content (AvgIpc) is 2.22. The zero-order valence-electron chi connectivity index (χ0n) is 8.78. The largest absolute Gasteiger partial charge is 0.478 e. The highest BCUT2D eigenvalue weighted by atomic mass is 35.5. The van der Waals surface area contributed by atoms with Crippen molar-refractivity contribution in [2.24, 2.45) is 5.73 Å². The van der Waals surface area contributed by atoms with Crippen LogP contribution in [0.5, 0.6) is 0 Å². The minimum Gasteiger partial charge on any atom is -0.478 e. The number of nitrogens with zero attached hydrogens (tertiary/aromatic N) is 1. The highest BCUT2D eigenvalue weighted by molar-refractivity contribution is 6.44. The Kier molecular flexibility index (Phi) is 6.48. The Bertz CT molecular complexity index is 437. The van der Waals surface area contributed by atoms with E-state index in [1.807, 2.05) is 6.92 Å². The average molecular weight is 281 g/mol. The minimum atomic E-state index is -1.48. The van der Waals surface area contributed by atoms with Crippen LogP contribution in [0.25, 0.3) is 0 Å². The fourth-order valence-corrected chi connectivity index (χ4v) is 1.19. The molecule has 6 nitrogen and oxygen atoms in total. The van der Waals surface area contributed by atoms with Crippen LogP contribution in [0.1, 0.15) is 27.8 Å². The monoisotopic (exact) mass is 280 g/mol. The number of carboxylic acid groups (broad SMARTS) is 2. The molecule has 0 saturated carbocycles. The summed E-state index contributed by atoms with van der Waals surface area (Å²) in [5, 5.41) is 16.8. The minimum absolute atomic E-state index is 0.103. The van der Waals surface area contributed by atoms with E-state index in [1.54, 1.807) is 0 Å². The lowest BCUT2D eigenvalue weighted by Gasteiger charge is -2.03. The molecule has 17 heavy (non-hydrogen) atoms. The molecule has 1 aromatic heterocycles. The van der Waals surface area contributed by atoms with Gasteiger partial charge in [0.05, 0.1) is 10.0 Å². The quantitative estimate of drug-likeness (QED) is 0.761. The fourth-order valence-electron chi connectivity index (χ4n) is 0.823. The van der Waals surface area contributed by atoms with Crippen molar-refractivity contribution in [3.05, 3.63) is 27.5 Å². The maximum atomic E-state index is 10.7. The summed E-state index contributed by atoms with van der Waals surface area (Å²) in [7, 11) is 0. The number of aromatic nitrogens is 1. The Hall–Kier alpha value is -1.37. The number of rotatable bonds is 2. The summed E-state index contributed by atoms with van der Waals surface area (Å²) in [6, 6.07) is 0. The molecular formula is C9H10Cl2N2O4. The van der Waals surface area contributed by atoms with E-state index in [0.717, 1.165) is 12.7 Å². The second-order valence-electron chi connectivity index (χ2n) is 2.66. The molecule has 0 spiro atoms. The summed E-state index contributed by atoms with van der Waals surface area (Å²) in [5.74, 6) is -2.96. The van der Waals surface area contributed by atoms with Crippen molar-refractivity contribution in [2.45, 2.75) is 6.92 Å². The van der Waals surface area contributed by atoms with Crippen molar-refractivity contribution in [1.29, 1.82) is 0 Å². The van der Waals surface area contributed by atoms with Crippen LogP contribution < -0.4 is 5.73 Å². The van der Waals surface area contributed by atoms with Gasteiger partial charge < -0.3 is 15.9 Å². The highest BCUT2D eigenvalue weighted by Crippen LogP contribution is 2.26. The van der Waals surface area contributed by atoms with Gasteiger partial charge in [0, 0.05) is 6.20 Å². The second kappa shape index (κ2) is 7.05. The van der Waals surface area contributed by atoms with Crippen LogP contribution in [-0.4, -0.2) is 33.7 Å².